The summed E-state index contributed by atoms with van der Waals surface area (Å²) in [6.45, 7) is 2.32. The van der Waals surface area contributed by atoms with Gasteiger partial charge in [0, 0.05) is 36.5 Å². The molecule has 0 unspecified atom stereocenters. The molecular weight excluding hydrogens is 420 g/mol. The number of likely N-dealkylation sites (tertiary alicyclic amines) is 1. The van der Waals surface area contributed by atoms with E-state index in [0.29, 0.717) is 66.7 Å². The van der Waals surface area contributed by atoms with Crippen molar-refractivity contribution >= 4 is 35.2 Å². The zero-order valence-electron chi connectivity index (χ0n) is 16.7. The molecule has 160 valence electrons. The number of halogens is 1. The first-order valence-electron chi connectivity index (χ1n) is 10.2. The summed E-state index contributed by atoms with van der Waals surface area (Å²) in [5, 5.41) is 3.32. The van der Waals surface area contributed by atoms with E-state index in [1.54, 1.807) is 41.3 Å². The predicted molar refractivity (Wildman–Crippen MR) is 115 cm³/mol. The van der Waals surface area contributed by atoms with Crippen molar-refractivity contribution in [2.24, 2.45) is 0 Å². The number of nitrogens with zero attached hydrogens (tertiary/aromatic N) is 1. The van der Waals surface area contributed by atoms with Gasteiger partial charge >= 0.3 is 0 Å². The maximum Gasteiger partial charge on any atom is 0.291 e. The predicted octanol–water partition coefficient (Wildman–Crippen LogP) is 3.69. The van der Waals surface area contributed by atoms with Crippen LogP contribution in [0.15, 0.2) is 48.2 Å². The molecule has 0 bridgehead atoms. The molecule has 0 radical (unpaired) electrons. The van der Waals surface area contributed by atoms with E-state index < -0.39 is 11.7 Å². The first-order chi connectivity index (χ1) is 15.0. The number of hydrogen-bond donors (Lipinski definition) is 1. The number of hydrogen-bond acceptors (Lipinski definition) is 5. The highest BCUT2D eigenvalue weighted by Gasteiger charge is 2.41. The Labute approximate surface area is 184 Å². The van der Waals surface area contributed by atoms with Gasteiger partial charge < -0.3 is 24.4 Å². The topological polar surface area (TPSA) is 77.1 Å². The monoisotopic (exact) mass is 440 g/mol. The Bertz CT molecular complexity index is 1070. The van der Waals surface area contributed by atoms with Crippen LogP contribution in [0.1, 0.15) is 28.8 Å². The van der Waals surface area contributed by atoms with Crippen LogP contribution in [0.3, 0.4) is 0 Å². The summed E-state index contributed by atoms with van der Waals surface area (Å²) >= 11 is 6.17. The zero-order valence-corrected chi connectivity index (χ0v) is 17.5. The lowest BCUT2D eigenvalue weighted by Crippen LogP contribution is -2.47. The summed E-state index contributed by atoms with van der Waals surface area (Å²) in [5.41, 5.74) is 1.64. The van der Waals surface area contributed by atoms with Crippen molar-refractivity contribution in [1.29, 1.82) is 0 Å². The summed E-state index contributed by atoms with van der Waals surface area (Å²) < 4.78 is 17.2. The molecule has 1 N–H and O–H groups in total. The van der Waals surface area contributed by atoms with E-state index in [2.05, 4.69) is 5.32 Å². The maximum atomic E-state index is 13.0. The lowest BCUT2D eigenvalue weighted by Gasteiger charge is -2.37. The van der Waals surface area contributed by atoms with Gasteiger partial charge in [-0.15, -0.1) is 0 Å². The molecule has 0 aromatic heterocycles. The second-order valence-corrected chi connectivity index (χ2v) is 8.10. The van der Waals surface area contributed by atoms with Crippen molar-refractivity contribution in [3.8, 4) is 5.75 Å². The van der Waals surface area contributed by atoms with E-state index in [0.717, 1.165) is 0 Å². The second-order valence-electron chi connectivity index (χ2n) is 7.70. The normalized spacial score (nSPS) is 21.0. The minimum Gasteiger partial charge on any atom is -0.449 e. The lowest BCUT2D eigenvalue weighted by molar-refractivity contribution is -0.181. The smallest absolute Gasteiger partial charge is 0.291 e. The molecule has 2 fully saturated rings. The molecule has 2 amide bonds. The highest BCUT2D eigenvalue weighted by Crippen LogP contribution is 2.35. The molecule has 0 atom stereocenters. The Morgan fingerprint density at radius 1 is 1.10 bits per heavy atom. The van der Waals surface area contributed by atoms with Crippen LogP contribution in [0.4, 0.5) is 5.69 Å². The first kappa shape index (κ1) is 20.1. The molecule has 8 heteroatoms. The fourth-order valence-electron chi connectivity index (χ4n) is 4.05. The lowest BCUT2D eigenvalue weighted by atomic mass is 10.0. The minimum absolute atomic E-state index is 0.0951. The third-order valence-corrected chi connectivity index (χ3v) is 6.08. The average molecular weight is 441 g/mol. The third-order valence-electron chi connectivity index (χ3n) is 5.74. The van der Waals surface area contributed by atoms with Gasteiger partial charge in [-0.05, 0) is 35.9 Å². The van der Waals surface area contributed by atoms with Gasteiger partial charge in [0.1, 0.15) is 0 Å². The number of nitrogens with one attached hydrogen (secondary N) is 1. The summed E-state index contributed by atoms with van der Waals surface area (Å²) in [4.78, 5) is 27.3. The van der Waals surface area contributed by atoms with Gasteiger partial charge in [0.05, 0.1) is 18.9 Å². The Kier molecular flexibility index (Phi) is 5.17. The highest BCUT2D eigenvalue weighted by molar-refractivity contribution is 6.32. The van der Waals surface area contributed by atoms with Crippen LogP contribution in [0.25, 0.3) is 6.08 Å². The Morgan fingerprint density at radius 2 is 1.84 bits per heavy atom. The number of anilines is 1. The molecule has 2 saturated heterocycles. The third kappa shape index (κ3) is 3.92. The van der Waals surface area contributed by atoms with E-state index >= 15 is 0 Å². The molecule has 3 aliphatic heterocycles. The van der Waals surface area contributed by atoms with Crippen molar-refractivity contribution in [3.05, 3.63) is 64.4 Å². The standard InChI is InChI=1S/C23H21ClN2O5/c24-17-4-2-1-3-15(17)14-20-21(27)25-18-13-16(5-6-19(18)31-20)22(28)26-9-7-23(8-10-26)29-11-12-30-23/h1-6,13-14H,7-12H2,(H,25,27). The van der Waals surface area contributed by atoms with Crippen molar-refractivity contribution in [2.75, 3.05) is 31.6 Å². The fourth-order valence-corrected chi connectivity index (χ4v) is 4.24. The summed E-state index contributed by atoms with van der Waals surface area (Å²) in [6, 6.07) is 12.2. The number of ether oxygens (including phenoxy) is 3. The largest absolute Gasteiger partial charge is 0.449 e. The van der Waals surface area contributed by atoms with Gasteiger partial charge in [0.2, 0.25) is 0 Å². The number of amides is 2. The minimum atomic E-state index is -0.529. The Morgan fingerprint density at radius 3 is 2.58 bits per heavy atom. The Balaban J connectivity index is 1.31. The molecule has 3 heterocycles. The van der Waals surface area contributed by atoms with E-state index in [1.165, 1.54) is 0 Å². The SMILES string of the molecule is O=C1Nc2cc(C(=O)N3CCC4(CC3)OCCO4)ccc2OC1=Cc1ccccc1Cl. The first-order valence-corrected chi connectivity index (χ1v) is 10.6. The van der Waals surface area contributed by atoms with Crippen LogP contribution in [-0.4, -0.2) is 48.8 Å². The van der Waals surface area contributed by atoms with Crippen LogP contribution in [0.5, 0.6) is 5.75 Å². The molecular formula is C23H21ClN2O5. The highest BCUT2D eigenvalue weighted by atomic mass is 35.5. The number of rotatable bonds is 2. The second kappa shape index (κ2) is 8.00. The van der Waals surface area contributed by atoms with Gasteiger partial charge in [-0.3, -0.25) is 9.59 Å². The van der Waals surface area contributed by atoms with E-state index in [1.807, 2.05) is 12.1 Å². The maximum absolute atomic E-state index is 13.0. The van der Waals surface area contributed by atoms with Crippen molar-refractivity contribution < 1.29 is 23.8 Å². The van der Waals surface area contributed by atoms with Gasteiger partial charge in [-0.1, -0.05) is 29.8 Å². The van der Waals surface area contributed by atoms with Crippen molar-refractivity contribution in [1.82, 2.24) is 4.90 Å². The van der Waals surface area contributed by atoms with Crippen LogP contribution in [0.2, 0.25) is 5.02 Å². The summed E-state index contributed by atoms with van der Waals surface area (Å²) in [7, 11) is 0. The summed E-state index contributed by atoms with van der Waals surface area (Å²) in [6.07, 6.45) is 2.90. The average Bonchev–Trinajstić information content (AvgIpc) is 3.23. The van der Waals surface area contributed by atoms with E-state index in [4.69, 9.17) is 25.8 Å². The van der Waals surface area contributed by atoms with Gasteiger partial charge in [0.25, 0.3) is 11.8 Å². The van der Waals surface area contributed by atoms with Gasteiger partial charge in [-0.2, -0.15) is 0 Å². The van der Waals surface area contributed by atoms with Gasteiger partial charge in [-0.25, -0.2) is 0 Å². The zero-order chi connectivity index (χ0) is 21.4. The number of carbonyl (C=O) groups excluding carboxylic acids is 2. The molecule has 0 aliphatic carbocycles. The molecule has 31 heavy (non-hydrogen) atoms. The van der Waals surface area contributed by atoms with E-state index in [-0.39, 0.29) is 11.7 Å². The van der Waals surface area contributed by atoms with Crippen LogP contribution < -0.4 is 10.1 Å². The van der Waals surface area contributed by atoms with Crippen LogP contribution >= 0.6 is 11.6 Å². The van der Waals surface area contributed by atoms with Gasteiger partial charge in [0.15, 0.2) is 17.3 Å². The number of piperidine rings is 1. The molecule has 5 rings (SSSR count). The molecule has 2 aromatic carbocycles. The molecule has 1 spiro atoms. The summed E-state index contributed by atoms with van der Waals surface area (Å²) in [5.74, 6) is -0.411. The molecule has 3 aliphatic rings. The number of carbonyl (C=O) groups is 2. The van der Waals surface area contributed by atoms with Crippen molar-refractivity contribution in [2.45, 2.75) is 18.6 Å². The Hall–Kier alpha value is -2.87. The van der Waals surface area contributed by atoms with Crippen LogP contribution in [0, 0.1) is 0 Å². The molecule has 7 nitrogen and oxygen atoms in total. The van der Waals surface area contributed by atoms with Crippen LogP contribution in [-0.2, 0) is 14.3 Å². The quantitative estimate of drug-likeness (QED) is 0.721. The van der Waals surface area contributed by atoms with Crippen molar-refractivity contribution in [3.63, 3.8) is 0 Å². The van der Waals surface area contributed by atoms with E-state index in [9.17, 15) is 9.59 Å². The molecule has 0 saturated carbocycles. The number of fused-ring (bicyclic) bond motifs is 1. The number of benzene rings is 2. The fraction of sp³-hybridized carbons (Fsp3) is 0.304. The molecule has 2 aromatic rings.